The summed E-state index contributed by atoms with van der Waals surface area (Å²) in [6, 6.07) is 6.00. The third-order valence-electron chi connectivity index (χ3n) is 2.27. The largest absolute Gasteiger partial charge is 0.493 e. The van der Waals surface area contributed by atoms with Gasteiger partial charge in [0.15, 0.2) is 0 Å². The molecule has 0 aromatic heterocycles. The first-order chi connectivity index (χ1) is 8.27. The standard InChI is InChI=1S/C14H18BrNO/c1-3-5-9-17-13-6-7-14(15)12(10-13)11-16-8-4-2/h1,6-7,10,16H,4-5,8-9,11H2,2H3. The van der Waals surface area contributed by atoms with Gasteiger partial charge in [-0.1, -0.05) is 22.9 Å². The smallest absolute Gasteiger partial charge is 0.119 e. The minimum atomic E-state index is 0.569. The molecule has 1 aromatic carbocycles. The third kappa shape index (κ3) is 5.25. The molecule has 92 valence electrons. The van der Waals surface area contributed by atoms with E-state index in [4.69, 9.17) is 11.2 Å². The molecule has 17 heavy (non-hydrogen) atoms. The number of nitrogens with one attached hydrogen (secondary N) is 1. The highest BCUT2D eigenvalue weighted by molar-refractivity contribution is 9.10. The summed E-state index contributed by atoms with van der Waals surface area (Å²) >= 11 is 3.54. The van der Waals surface area contributed by atoms with E-state index in [9.17, 15) is 0 Å². The highest BCUT2D eigenvalue weighted by Crippen LogP contribution is 2.22. The van der Waals surface area contributed by atoms with Crippen LogP contribution < -0.4 is 10.1 Å². The van der Waals surface area contributed by atoms with Crippen LogP contribution in [0.15, 0.2) is 22.7 Å². The second kappa shape index (κ2) is 8.16. The predicted molar refractivity (Wildman–Crippen MR) is 75.1 cm³/mol. The van der Waals surface area contributed by atoms with Gasteiger partial charge in [0.2, 0.25) is 0 Å². The highest BCUT2D eigenvalue weighted by Gasteiger charge is 2.02. The van der Waals surface area contributed by atoms with Gasteiger partial charge in [-0.25, -0.2) is 0 Å². The summed E-state index contributed by atoms with van der Waals surface area (Å²) in [4.78, 5) is 0. The van der Waals surface area contributed by atoms with E-state index in [0.717, 1.165) is 29.7 Å². The van der Waals surface area contributed by atoms with E-state index in [1.54, 1.807) is 0 Å². The average Bonchev–Trinajstić information content (AvgIpc) is 2.33. The topological polar surface area (TPSA) is 21.3 Å². The summed E-state index contributed by atoms with van der Waals surface area (Å²) in [6.45, 7) is 4.59. The fourth-order valence-corrected chi connectivity index (χ4v) is 1.79. The van der Waals surface area contributed by atoms with Crippen molar-refractivity contribution in [2.45, 2.75) is 26.3 Å². The van der Waals surface area contributed by atoms with Crippen LogP contribution in [-0.2, 0) is 6.54 Å². The molecule has 0 saturated carbocycles. The molecule has 0 radical (unpaired) electrons. The lowest BCUT2D eigenvalue weighted by atomic mass is 10.2. The minimum Gasteiger partial charge on any atom is -0.493 e. The molecule has 0 unspecified atom stereocenters. The quantitative estimate of drug-likeness (QED) is 0.615. The fraction of sp³-hybridized carbons (Fsp3) is 0.429. The maximum atomic E-state index is 5.56. The van der Waals surface area contributed by atoms with Gasteiger partial charge in [-0.2, -0.15) is 0 Å². The Bertz CT molecular complexity index is 384. The molecular formula is C14H18BrNO. The molecule has 1 rings (SSSR count). The predicted octanol–water partition coefficient (Wildman–Crippen LogP) is 3.35. The van der Waals surface area contributed by atoms with Crippen molar-refractivity contribution in [2.75, 3.05) is 13.2 Å². The van der Waals surface area contributed by atoms with Crippen molar-refractivity contribution in [1.82, 2.24) is 5.32 Å². The normalized spacial score (nSPS) is 9.94. The number of ether oxygens (including phenoxy) is 1. The van der Waals surface area contributed by atoms with Crippen LogP contribution in [0, 0.1) is 12.3 Å². The van der Waals surface area contributed by atoms with Crippen molar-refractivity contribution in [3.8, 4) is 18.1 Å². The van der Waals surface area contributed by atoms with Crippen LogP contribution >= 0.6 is 15.9 Å². The van der Waals surface area contributed by atoms with E-state index in [1.165, 1.54) is 5.56 Å². The van der Waals surface area contributed by atoms with Gasteiger partial charge in [0, 0.05) is 17.4 Å². The third-order valence-corrected chi connectivity index (χ3v) is 3.05. The zero-order valence-corrected chi connectivity index (χ0v) is 11.7. The monoisotopic (exact) mass is 295 g/mol. The average molecular weight is 296 g/mol. The van der Waals surface area contributed by atoms with E-state index >= 15 is 0 Å². The molecule has 0 heterocycles. The van der Waals surface area contributed by atoms with Gasteiger partial charge in [-0.3, -0.25) is 0 Å². The second-order valence-electron chi connectivity index (χ2n) is 3.73. The van der Waals surface area contributed by atoms with E-state index in [2.05, 4.69) is 34.1 Å². The van der Waals surface area contributed by atoms with E-state index in [0.29, 0.717) is 13.0 Å². The number of terminal acetylenes is 1. The minimum absolute atomic E-state index is 0.569. The Morgan fingerprint density at radius 2 is 2.29 bits per heavy atom. The number of halogens is 1. The summed E-state index contributed by atoms with van der Waals surface area (Å²) in [5, 5.41) is 3.37. The molecule has 1 N–H and O–H groups in total. The van der Waals surface area contributed by atoms with Crippen LogP contribution in [0.5, 0.6) is 5.75 Å². The van der Waals surface area contributed by atoms with Gasteiger partial charge >= 0.3 is 0 Å². The van der Waals surface area contributed by atoms with Gasteiger partial charge in [-0.05, 0) is 36.7 Å². The molecule has 0 saturated heterocycles. The Morgan fingerprint density at radius 1 is 1.47 bits per heavy atom. The summed E-state index contributed by atoms with van der Waals surface area (Å²) in [7, 11) is 0. The van der Waals surface area contributed by atoms with E-state index in [-0.39, 0.29) is 0 Å². The van der Waals surface area contributed by atoms with Crippen molar-refractivity contribution < 1.29 is 4.74 Å². The zero-order chi connectivity index (χ0) is 12.5. The molecule has 3 heteroatoms. The maximum absolute atomic E-state index is 5.56. The van der Waals surface area contributed by atoms with Crippen molar-refractivity contribution in [2.24, 2.45) is 0 Å². The lowest BCUT2D eigenvalue weighted by Gasteiger charge is -2.09. The van der Waals surface area contributed by atoms with Gasteiger partial charge in [-0.15, -0.1) is 12.3 Å². The Labute approximate surface area is 112 Å². The van der Waals surface area contributed by atoms with Gasteiger partial charge < -0.3 is 10.1 Å². The lowest BCUT2D eigenvalue weighted by molar-refractivity contribution is 0.327. The second-order valence-corrected chi connectivity index (χ2v) is 4.59. The lowest BCUT2D eigenvalue weighted by Crippen LogP contribution is -2.14. The summed E-state index contributed by atoms with van der Waals surface area (Å²) < 4.78 is 6.66. The Balaban J connectivity index is 2.56. The van der Waals surface area contributed by atoms with Crippen molar-refractivity contribution in [3.63, 3.8) is 0 Å². The van der Waals surface area contributed by atoms with Gasteiger partial charge in [0.05, 0.1) is 6.61 Å². The number of rotatable bonds is 7. The van der Waals surface area contributed by atoms with Crippen LogP contribution in [0.1, 0.15) is 25.3 Å². The first-order valence-corrected chi connectivity index (χ1v) is 6.62. The zero-order valence-electron chi connectivity index (χ0n) is 10.1. The molecule has 0 amide bonds. The molecule has 2 nitrogen and oxygen atoms in total. The number of benzene rings is 1. The maximum Gasteiger partial charge on any atom is 0.119 e. The van der Waals surface area contributed by atoms with E-state index in [1.807, 2.05) is 18.2 Å². The highest BCUT2D eigenvalue weighted by atomic mass is 79.9. The molecule has 0 spiro atoms. The summed E-state index contributed by atoms with van der Waals surface area (Å²) in [5.74, 6) is 3.43. The van der Waals surface area contributed by atoms with Crippen molar-refractivity contribution >= 4 is 15.9 Å². The molecular weight excluding hydrogens is 278 g/mol. The Kier molecular flexibility index (Phi) is 6.76. The first kappa shape index (κ1) is 14.1. The van der Waals surface area contributed by atoms with Crippen LogP contribution in [0.4, 0.5) is 0 Å². The summed E-state index contributed by atoms with van der Waals surface area (Å²) in [5.41, 5.74) is 1.21. The molecule has 0 aliphatic rings. The van der Waals surface area contributed by atoms with Crippen LogP contribution in [0.25, 0.3) is 0 Å². The SMILES string of the molecule is C#CCCOc1ccc(Br)c(CNCCC)c1. The van der Waals surface area contributed by atoms with Gasteiger partial charge in [0.1, 0.15) is 5.75 Å². The number of hydrogen-bond donors (Lipinski definition) is 1. The Morgan fingerprint density at radius 3 is 3.00 bits per heavy atom. The first-order valence-electron chi connectivity index (χ1n) is 5.83. The van der Waals surface area contributed by atoms with Crippen molar-refractivity contribution in [1.29, 1.82) is 0 Å². The van der Waals surface area contributed by atoms with Crippen LogP contribution in [0.3, 0.4) is 0 Å². The molecule has 0 bridgehead atoms. The molecule has 0 aliphatic carbocycles. The number of hydrogen-bond acceptors (Lipinski definition) is 2. The molecule has 0 atom stereocenters. The fourth-order valence-electron chi connectivity index (χ4n) is 1.40. The summed E-state index contributed by atoms with van der Waals surface area (Å²) in [6.07, 6.45) is 6.95. The van der Waals surface area contributed by atoms with E-state index < -0.39 is 0 Å². The van der Waals surface area contributed by atoms with Crippen molar-refractivity contribution in [3.05, 3.63) is 28.2 Å². The Hall–Kier alpha value is -0.980. The van der Waals surface area contributed by atoms with Crippen LogP contribution in [-0.4, -0.2) is 13.2 Å². The molecule has 0 fully saturated rings. The molecule has 1 aromatic rings. The van der Waals surface area contributed by atoms with Gasteiger partial charge in [0.25, 0.3) is 0 Å². The van der Waals surface area contributed by atoms with Crippen LogP contribution in [0.2, 0.25) is 0 Å². The molecule has 0 aliphatic heterocycles.